The Bertz CT molecular complexity index is 619. The third-order valence-electron chi connectivity index (χ3n) is 3.07. The highest BCUT2D eigenvalue weighted by molar-refractivity contribution is 9.10. The van der Waals surface area contributed by atoms with Gasteiger partial charge in [0.05, 0.1) is 11.6 Å². The highest BCUT2D eigenvalue weighted by atomic mass is 79.9. The molecule has 5 heteroatoms. The van der Waals surface area contributed by atoms with Crippen molar-refractivity contribution in [3.8, 4) is 11.5 Å². The Morgan fingerprint density at radius 2 is 1.86 bits per heavy atom. The molecule has 0 spiro atoms. The summed E-state index contributed by atoms with van der Waals surface area (Å²) < 4.78 is 25.0. The lowest BCUT2D eigenvalue weighted by Gasteiger charge is -2.25. The van der Waals surface area contributed by atoms with Crippen LogP contribution < -0.4 is 15.2 Å². The van der Waals surface area contributed by atoms with Crippen LogP contribution in [0.4, 0.5) is 4.39 Å². The molecular formula is C16H17BrFNO2. The first-order chi connectivity index (χ1) is 10.0. The Morgan fingerprint density at radius 3 is 2.48 bits per heavy atom. The molecule has 2 aromatic rings. The summed E-state index contributed by atoms with van der Waals surface area (Å²) in [5.74, 6) is 0.909. The maximum Gasteiger partial charge on any atom is 0.142 e. The van der Waals surface area contributed by atoms with Crippen molar-refractivity contribution in [1.82, 2.24) is 0 Å². The van der Waals surface area contributed by atoms with E-state index in [1.165, 1.54) is 12.1 Å². The van der Waals surface area contributed by atoms with E-state index in [4.69, 9.17) is 15.2 Å². The molecule has 0 aromatic heterocycles. The van der Waals surface area contributed by atoms with Gasteiger partial charge in [-0.3, -0.25) is 0 Å². The first kappa shape index (κ1) is 15.8. The standard InChI is InChI=1S/C16H17BrFNO2/c1-10(19)16(12-5-3-4-6-14(12)20-2)21-15-8-7-11(18)9-13(15)17/h3-10,16H,19H2,1-2H3. The summed E-state index contributed by atoms with van der Waals surface area (Å²) in [5.41, 5.74) is 6.90. The first-order valence-electron chi connectivity index (χ1n) is 6.53. The highest BCUT2D eigenvalue weighted by Crippen LogP contribution is 2.34. The van der Waals surface area contributed by atoms with E-state index < -0.39 is 6.10 Å². The fourth-order valence-electron chi connectivity index (χ4n) is 2.06. The lowest BCUT2D eigenvalue weighted by Crippen LogP contribution is -2.29. The molecular weight excluding hydrogens is 337 g/mol. The minimum atomic E-state index is -0.400. The van der Waals surface area contributed by atoms with Crippen LogP contribution in [0, 0.1) is 5.82 Å². The fourth-order valence-corrected chi connectivity index (χ4v) is 2.51. The van der Waals surface area contributed by atoms with E-state index in [1.54, 1.807) is 13.2 Å². The van der Waals surface area contributed by atoms with Crippen LogP contribution in [-0.2, 0) is 0 Å². The monoisotopic (exact) mass is 353 g/mol. The van der Waals surface area contributed by atoms with Crippen molar-refractivity contribution < 1.29 is 13.9 Å². The predicted molar refractivity (Wildman–Crippen MR) is 84.1 cm³/mol. The number of ether oxygens (including phenoxy) is 2. The van der Waals surface area contributed by atoms with Crippen LogP contribution in [0.5, 0.6) is 11.5 Å². The second-order valence-electron chi connectivity index (χ2n) is 4.71. The Morgan fingerprint density at radius 1 is 1.14 bits per heavy atom. The topological polar surface area (TPSA) is 44.5 Å². The summed E-state index contributed by atoms with van der Waals surface area (Å²) in [6, 6.07) is 11.6. The van der Waals surface area contributed by atoms with Gasteiger partial charge in [0.1, 0.15) is 23.4 Å². The van der Waals surface area contributed by atoms with Crippen LogP contribution in [0.3, 0.4) is 0 Å². The molecule has 0 aliphatic carbocycles. The number of hydrogen-bond acceptors (Lipinski definition) is 3. The van der Waals surface area contributed by atoms with Gasteiger partial charge >= 0.3 is 0 Å². The quantitative estimate of drug-likeness (QED) is 0.881. The number of nitrogens with two attached hydrogens (primary N) is 1. The summed E-state index contributed by atoms with van der Waals surface area (Å²) in [7, 11) is 1.60. The summed E-state index contributed by atoms with van der Waals surface area (Å²) in [5, 5.41) is 0. The molecule has 2 atom stereocenters. The number of para-hydroxylation sites is 1. The van der Waals surface area contributed by atoms with Crippen molar-refractivity contribution in [2.75, 3.05) is 7.11 Å². The molecule has 2 unspecified atom stereocenters. The van der Waals surface area contributed by atoms with Gasteiger partial charge in [0.25, 0.3) is 0 Å². The SMILES string of the molecule is COc1ccccc1C(Oc1ccc(F)cc1Br)C(C)N. The van der Waals surface area contributed by atoms with Crippen LogP contribution in [0.2, 0.25) is 0 Å². The molecule has 0 aliphatic rings. The highest BCUT2D eigenvalue weighted by Gasteiger charge is 2.22. The van der Waals surface area contributed by atoms with Gasteiger partial charge in [-0.15, -0.1) is 0 Å². The lowest BCUT2D eigenvalue weighted by molar-refractivity contribution is 0.174. The molecule has 112 valence electrons. The molecule has 2 N–H and O–H groups in total. The first-order valence-corrected chi connectivity index (χ1v) is 7.32. The Hall–Kier alpha value is -1.59. The zero-order chi connectivity index (χ0) is 15.4. The van der Waals surface area contributed by atoms with Crippen LogP contribution in [-0.4, -0.2) is 13.2 Å². The molecule has 2 rings (SSSR count). The van der Waals surface area contributed by atoms with Crippen molar-refractivity contribution in [1.29, 1.82) is 0 Å². The minimum absolute atomic E-state index is 0.266. The number of hydrogen-bond donors (Lipinski definition) is 1. The van der Waals surface area contributed by atoms with E-state index in [0.717, 1.165) is 5.56 Å². The number of methoxy groups -OCH3 is 1. The van der Waals surface area contributed by atoms with E-state index >= 15 is 0 Å². The van der Waals surface area contributed by atoms with Crippen molar-refractivity contribution in [3.63, 3.8) is 0 Å². The average molecular weight is 354 g/mol. The molecule has 0 aliphatic heterocycles. The van der Waals surface area contributed by atoms with Crippen molar-refractivity contribution in [2.24, 2.45) is 5.73 Å². The smallest absolute Gasteiger partial charge is 0.142 e. The van der Waals surface area contributed by atoms with Gasteiger partial charge in [-0.2, -0.15) is 0 Å². The third-order valence-corrected chi connectivity index (χ3v) is 3.69. The van der Waals surface area contributed by atoms with Crippen LogP contribution in [0.1, 0.15) is 18.6 Å². The van der Waals surface area contributed by atoms with Crippen molar-refractivity contribution >= 4 is 15.9 Å². The predicted octanol–water partition coefficient (Wildman–Crippen LogP) is 4.06. The zero-order valence-corrected chi connectivity index (χ0v) is 13.4. The summed E-state index contributed by atoms with van der Waals surface area (Å²) in [6.45, 7) is 1.86. The number of benzene rings is 2. The van der Waals surface area contributed by atoms with Crippen molar-refractivity contribution in [2.45, 2.75) is 19.1 Å². The summed E-state index contributed by atoms with van der Waals surface area (Å²) in [4.78, 5) is 0. The van der Waals surface area contributed by atoms with E-state index in [0.29, 0.717) is 16.0 Å². The maximum atomic E-state index is 13.2. The molecule has 0 saturated heterocycles. The zero-order valence-electron chi connectivity index (χ0n) is 11.8. The van der Waals surface area contributed by atoms with Gasteiger partial charge in [-0.05, 0) is 47.1 Å². The molecule has 3 nitrogen and oxygen atoms in total. The number of halogens is 2. The van der Waals surface area contributed by atoms with Crippen LogP contribution in [0.15, 0.2) is 46.9 Å². The fraction of sp³-hybridized carbons (Fsp3) is 0.250. The van der Waals surface area contributed by atoms with Gasteiger partial charge in [0, 0.05) is 11.6 Å². The van der Waals surface area contributed by atoms with Gasteiger partial charge < -0.3 is 15.2 Å². The number of rotatable bonds is 5. The Labute approximate surface area is 132 Å². The molecule has 0 fully saturated rings. The van der Waals surface area contributed by atoms with E-state index in [2.05, 4.69) is 15.9 Å². The summed E-state index contributed by atoms with van der Waals surface area (Å²) >= 11 is 3.30. The van der Waals surface area contributed by atoms with Gasteiger partial charge in [0.2, 0.25) is 0 Å². The third kappa shape index (κ3) is 3.74. The van der Waals surface area contributed by atoms with Gasteiger partial charge in [0.15, 0.2) is 0 Å². The van der Waals surface area contributed by atoms with Gasteiger partial charge in [-0.1, -0.05) is 18.2 Å². The van der Waals surface area contributed by atoms with E-state index in [-0.39, 0.29) is 11.9 Å². The van der Waals surface area contributed by atoms with Crippen molar-refractivity contribution in [3.05, 3.63) is 58.3 Å². The normalized spacial score (nSPS) is 13.6. The van der Waals surface area contributed by atoms with E-state index in [1.807, 2.05) is 31.2 Å². The van der Waals surface area contributed by atoms with Crippen LogP contribution >= 0.6 is 15.9 Å². The van der Waals surface area contributed by atoms with E-state index in [9.17, 15) is 4.39 Å². The largest absolute Gasteiger partial charge is 0.496 e. The molecule has 0 heterocycles. The van der Waals surface area contributed by atoms with Crippen LogP contribution in [0.25, 0.3) is 0 Å². The van der Waals surface area contributed by atoms with Gasteiger partial charge in [-0.25, -0.2) is 4.39 Å². The Balaban J connectivity index is 2.36. The lowest BCUT2D eigenvalue weighted by atomic mass is 10.0. The Kier molecular flexibility index (Phi) is 5.20. The average Bonchev–Trinajstić information content (AvgIpc) is 2.46. The molecule has 0 radical (unpaired) electrons. The molecule has 0 bridgehead atoms. The molecule has 0 saturated carbocycles. The molecule has 21 heavy (non-hydrogen) atoms. The molecule has 0 amide bonds. The minimum Gasteiger partial charge on any atom is -0.496 e. The molecule has 2 aromatic carbocycles. The second kappa shape index (κ2) is 6.91. The summed E-state index contributed by atoms with van der Waals surface area (Å²) in [6.07, 6.45) is -0.400. The second-order valence-corrected chi connectivity index (χ2v) is 5.57. The maximum absolute atomic E-state index is 13.2.